The van der Waals surface area contributed by atoms with Crippen molar-refractivity contribution in [1.29, 1.82) is 0 Å². The summed E-state index contributed by atoms with van der Waals surface area (Å²) in [6.07, 6.45) is 1.79. The van der Waals surface area contributed by atoms with Crippen molar-refractivity contribution >= 4 is 17.5 Å². The van der Waals surface area contributed by atoms with Crippen LogP contribution in [0.3, 0.4) is 0 Å². The largest absolute Gasteiger partial charge is 0.496 e. The third kappa shape index (κ3) is 2.46. The van der Waals surface area contributed by atoms with Crippen LogP contribution in [0.1, 0.15) is 25.0 Å². The minimum atomic E-state index is 0.878. The molecule has 1 rings (SSSR count). The molecule has 0 amide bonds. The summed E-state index contributed by atoms with van der Waals surface area (Å²) in [6, 6.07) is 4.00. The van der Waals surface area contributed by atoms with Gasteiger partial charge in [-0.2, -0.15) is 0 Å². The summed E-state index contributed by atoms with van der Waals surface area (Å²) < 4.78 is 5.28. The SMILES string of the molecule is C=C(C)c1cc(OC)c(C)cc1N=CC. The van der Waals surface area contributed by atoms with E-state index >= 15 is 0 Å². The van der Waals surface area contributed by atoms with Gasteiger partial charge in [0.05, 0.1) is 12.8 Å². The summed E-state index contributed by atoms with van der Waals surface area (Å²) in [4.78, 5) is 4.32. The van der Waals surface area contributed by atoms with E-state index in [1.165, 1.54) is 0 Å². The molecule has 0 aliphatic rings. The molecule has 0 radical (unpaired) electrons. The zero-order valence-corrected chi connectivity index (χ0v) is 9.79. The summed E-state index contributed by atoms with van der Waals surface area (Å²) in [7, 11) is 1.67. The van der Waals surface area contributed by atoms with Crippen LogP contribution < -0.4 is 4.74 Å². The van der Waals surface area contributed by atoms with Gasteiger partial charge in [0.2, 0.25) is 0 Å². The maximum absolute atomic E-state index is 5.28. The first-order valence-electron chi connectivity index (χ1n) is 4.93. The Kier molecular flexibility index (Phi) is 3.67. The van der Waals surface area contributed by atoms with E-state index in [9.17, 15) is 0 Å². The van der Waals surface area contributed by atoms with Crippen LogP contribution in [0.4, 0.5) is 5.69 Å². The molecule has 0 saturated heterocycles. The number of aliphatic imine (C=N–C) groups is 1. The van der Waals surface area contributed by atoms with Gasteiger partial charge in [-0.25, -0.2) is 0 Å². The van der Waals surface area contributed by atoms with E-state index < -0.39 is 0 Å². The van der Waals surface area contributed by atoms with Gasteiger partial charge >= 0.3 is 0 Å². The zero-order valence-electron chi connectivity index (χ0n) is 9.79. The Bertz CT molecular complexity index is 405. The zero-order chi connectivity index (χ0) is 11.4. The Balaban J connectivity index is 3.38. The molecule has 0 bridgehead atoms. The van der Waals surface area contributed by atoms with Crippen molar-refractivity contribution in [2.75, 3.05) is 7.11 Å². The number of nitrogens with zero attached hydrogens (tertiary/aromatic N) is 1. The van der Waals surface area contributed by atoms with Crippen LogP contribution in [0.25, 0.3) is 5.57 Å². The van der Waals surface area contributed by atoms with Crippen LogP contribution in [-0.4, -0.2) is 13.3 Å². The lowest BCUT2D eigenvalue weighted by molar-refractivity contribution is 0.411. The van der Waals surface area contributed by atoms with Crippen LogP contribution in [-0.2, 0) is 0 Å². The van der Waals surface area contributed by atoms with E-state index in [0.717, 1.165) is 28.1 Å². The Labute approximate surface area is 91.3 Å². The van der Waals surface area contributed by atoms with Crippen molar-refractivity contribution in [3.8, 4) is 5.75 Å². The molecule has 80 valence electrons. The fourth-order valence-corrected chi connectivity index (χ4v) is 1.48. The van der Waals surface area contributed by atoms with Gasteiger partial charge in [-0.05, 0) is 44.0 Å². The van der Waals surface area contributed by atoms with Crippen molar-refractivity contribution in [2.24, 2.45) is 4.99 Å². The molecular weight excluding hydrogens is 186 g/mol. The topological polar surface area (TPSA) is 21.6 Å². The van der Waals surface area contributed by atoms with Crippen LogP contribution in [0.15, 0.2) is 23.7 Å². The van der Waals surface area contributed by atoms with E-state index in [2.05, 4.69) is 11.6 Å². The molecule has 2 heteroatoms. The average molecular weight is 203 g/mol. The number of benzene rings is 1. The van der Waals surface area contributed by atoms with Crippen LogP contribution in [0.2, 0.25) is 0 Å². The highest BCUT2D eigenvalue weighted by Crippen LogP contribution is 2.32. The monoisotopic (exact) mass is 203 g/mol. The highest BCUT2D eigenvalue weighted by Gasteiger charge is 2.07. The summed E-state index contributed by atoms with van der Waals surface area (Å²) in [5.41, 5.74) is 4.07. The second-order valence-electron chi connectivity index (χ2n) is 3.51. The van der Waals surface area contributed by atoms with Crippen LogP contribution in [0, 0.1) is 6.92 Å². The Morgan fingerprint density at radius 1 is 1.47 bits per heavy atom. The van der Waals surface area contributed by atoms with E-state index in [1.54, 1.807) is 13.3 Å². The second-order valence-corrected chi connectivity index (χ2v) is 3.51. The molecule has 0 aliphatic heterocycles. The molecule has 1 aromatic rings. The number of rotatable bonds is 3. The predicted molar refractivity (Wildman–Crippen MR) is 66.3 cm³/mol. The van der Waals surface area contributed by atoms with Gasteiger partial charge in [0.15, 0.2) is 0 Å². The maximum Gasteiger partial charge on any atom is 0.122 e. The number of hydrogen-bond acceptors (Lipinski definition) is 2. The van der Waals surface area contributed by atoms with Gasteiger partial charge in [-0.1, -0.05) is 6.58 Å². The molecule has 15 heavy (non-hydrogen) atoms. The van der Waals surface area contributed by atoms with Crippen LogP contribution >= 0.6 is 0 Å². The summed E-state index contributed by atoms with van der Waals surface area (Å²) in [6.45, 7) is 9.83. The molecule has 0 heterocycles. The van der Waals surface area contributed by atoms with Gasteiger partial charge < -0.3 is 4.74 Å². The number of aryl methyl sites for hydroxylation is 1. The smallest absolute Gasteiger partial charge is 0.122 e. The second kappa shape index (κ2) is 4.78. The molecule has 0 unspecified atom stereocenters. The van der Waals surface area contributed by atoms with E-state index in [0.29, 0.717) is 0 Å². The summed E-state index contributed by atoms with van der Waals surface area (Å²) >= 11 is 0. The Morgan fingerprint density at radius 2 is 2.13 bits per heavy atom. The lowest BCUT2D eigenvalue weighted by Gasteiger charge is -2.10. The van der Waals surface area contributed by atoms with Crippen molar-refractivity contribution in [3.05, 3.63) is 29.8 Å². The molecule has 0 aromatic heterocycles. The normalized spacial score (nSPS) is 10.7. The summed E-state index contributed by atoms with van der Waals surface area (Å²) in [5.74, 6) is 0.878. The Morgan fingerprint density at radius 3 is 2.60 bits per heavy atom. The first-order chi connectivity index (χ1) is 7.10. The lowest BCUT2D eigenvalue weighted by atomic mass is 10.0. The van der Waals surface area contributed by atoms with Gasteiger partial charge in [0.1, 0.15) is 5.75 Å². The van der Waals surface area contributed by atoms with Crippen LogP contribution in [0.5, 0.6) is 5.75 Å². The summed E-state index contributed by atoms with van der Waals surface area (Å²) in [5, 5.41) is 0. The van der Waals surface area contributed by atoms with Crippen molar-refractivity contribution in [1.82, 2.24) is 0 Å². The van der Waals surface area contributed by atoms with Gasteiger partial charge in [-0.15, -0.1) is 0 Å². The molecule has 1 aromatic carbocycles. The quantitative estimate of drug-likeness (QED) is 0.685. The number of methoxy groups -OCH3 is 1. The molecule has 0 saturated carbocycles. The van der Waals surface area contributed by atoms with Gasteiger partial charge in [-0.3, -0.25) is 4.99 Å². The fraction of sp³-hybridized carbons (Fsp3) is 0.308. The molecule has 0 aliphatic carbocycles. The molecule has 0 spiro atoms. The van der Waals surface area contributed by atoms with E-state index in [4.69, 9.17) is 4.74 Å². The van der Waals surface area contributed by atoms with Crippen molar-refractivity contribution in [2.45, 2.75) is 20.8 Å². The number of allylic oxidation sites excluding steroid dienone is 1. The third-order valence-electron chi connectivity index (χ3n) is 2.24. The predicted octanol–water partition coefficient (Wildman–Crippen LogP) is 3.76. The first-order valence-corrected chi connectivity index (χ1v) is 4.93. The van der Waals surface area contributed by atoms with Gasteiger partial charge in [0, 0.05) is 11.8 Å². The third-order valence-corrected chi connectivity index (χ3v) is 2.24. The lowest BCUT2D eigenvalue weighted by Crippen LogP contribution is -1.90. The van der Waals surface area contributed by atoms with E-state index in [1.807, 2.05) is 32.9 Å². The minimum absolute atomic E-state index is 0.878. The number of ether oxygens (including phenoxy) is 1. The first kappa shape index (κ1) is 11.5. The van der Waals surface area contributed by atoms with Gasteiger partial charge in [0.25, 0.3) is 0 Å². The van der Waals surface area contributed by atoms with Crippen molar-refractivity contribution < 1.29 is 4.74 Å². The van der Waals surface area contributed by atoms with Crippen molar-refractivity contribution in [3.63, 3.8) is 0 Å². The molecular formula is C13H17NO. The highest BCUT2D eigenvalue weighted by molar-refractivity contribution is 5.77. The molecule has 0 fully saturated rings. The standard InChI is InChI=1S/C13H17NO/c1-6-14-12-7-10(4)13(15-5)8-11(12)9(2)3/h6-8H,2H2,1,3-5H3. The van der Waals surface area contributed by atoms with E-state index in [-0.39, 0.29) is 0 Å². The molecule has 0 N–H and O–H groups in total. The minimum Gasteiger partial charge on any atom is -0.496 e. The highest BCUT2D eigenvalue weighted by atomic mass is 16.5. The average Bonchev–Trinajstić information content (AvgIpc) is 2.18. The fourth-order valence-electron chi connectivity index (χ4n) is 1.48. The molecule has 0 atom stereocenters. The Hall–Kier alpha value is -1.57. The molecule has 2 nitrogen and oxygen atoms in total. The maximum atomic E-state index is 5.28. The number of hydrogen-bond donors (Lipinski definition) is 0.